The predicted molar refractivity (Wildman–Crippen MR) is 59.3 cm³/mol. The van der Waals surface area contributed by atoms with E-state index in [1.165, 1.54) is 6.33 Å². The molecule has 78 valence electrons. The van der Waals surface area contributed by atoms with Crippen molar-refractivity contribution >= 4 is 17.0 Å². The molecule has 2 rings (SSSR count). The highest BCUT2D eigenvalue weighted by molar-refractivity contribution is 5.82. The van der Waals surface area contributed by atoms with Gasteiger partial charge in [-0.05, 0) is 12.1 Å². The Morgan fingerprint density at radius 1 is 1.33 bits per heavy atom. The molecule has 2 aromatic heterocycles. The standard InChI is InChI=1S/C10H13N5/c1-7(2)3-4-11-9-8-10(13-5-12-8)15-6-14-9/h3-7H,1-2H3,(H2,11,12,13,14,15)/b4-3+. The average Bonchev–Trinajstić information content (AvgIpc) is 2.65. The molecule has 2 heterocycles. The third-order valence-corrected chi connectivity index (χ3v) is 1.92. The SMILES string of the molecule is CC(C)/C=C/Nc1ncnc2nc[nH]c12. The van der Waals surface area contributed by atoms with Crippen LogP contribution in [0.4, 0.5) is 5.82 Å². The van der Waals surface area contributed by atoms with Crippen molar-refractivity contribution in [1.82, 2.24) is 19.9 Å². The van der Waals surface area contributed by atoms with Crippen molar-refractivity contribution in [2.75, 3.05) is 5.32 Å². The van der Waals surface area contributed by atoms with E-state index in [4.69, 9.17) is 0 Å². The number of allylic oxidation sites excluding steroid dienone is 1. The molecule has 0 amide bonds. The first-order valence-corrected chi connectivity index (χ1v) is 4.84. The van der Waals surface area contributed by atoms with Crippen LogP contribution in [0.3, 0.4) is 0 Å². The number of H-pyrrole nitrogens is 1. The van der Waals surface area contributed by atoms with Gasteiger partial charge in [-0.2, -0.15) is 0 Å². The number of anilines is 1. The van der Waals surface area contributed by atoms with E-state index in [2.05, 4.69) is 45.2 Å². The van der Waals surface area contributed by atoms with Gasteiger partial charge in [0.25, 0.3) is 0 Å². The normalized spacial score (nSPS) is 11.7. The van der Waals surface area contributed by atoms with Crippen LogP contribution in [0.5, 0.6) is 0 Å². The number of nitrogens with one attached hydrogen (secondary N) is 2. The zero-order valence-electron chi connectivity index (χ0n) is 8.73. The zero-order valence-corrected chi connectivity index (χ0v) is 8.73. The van der Waals surface area contributed by atoms with Crippen molar-refractivity contribution in [2.45, 2.75) is 13.8 Å². The van der Waals surface area contributed by atoms with Crippen molar-refractivity contribution in [1.29, 1.82) is 0 Å². The first-order valence-electron chi connectivity index (χ1n) is 4.84. The predicted octanol–water partition coefficient (Wildman–Crippen LogP) is 1.93. The fraction of sp³-hybridized carbons (Fsp3) is 0.300. The molecule has 0 saturated heterocycles. The van der Waals surface area contributed by atoms with Crippen LogP contribution in [0, 0.1) is 5.92 Å². The molecule has 5 nitrogen and oxygen atoms in total. The van der Waals surface area contributed by atoms with Crippen LogP contribution >= 0.6 is 0 Å². The summed E-state index contributed by atoms with van der Waals surface area (Å²) in [5.41, 5.74) is 1.50. The van der Waals surface area contributed by atoms with Crippen LogP contribution in [0.2, 0.25) is 0 Å². The molecule has 0 unspecified atom stereocenters. The molecule has 0 aromatic carbocycles. The van der Waals surface area contributed by atoms with E-state index in [9.17, 15) is 0 Å². The summed E-state index contributed by atoms with van der Waals surface area (Å²) < 4.78 is 0. The molecule has 0 aliphatic carbocycles. The lowest BCUT2D eigenvalue weighted by Crippen LogP contribution is -1.94. The van der Waals surface area contributed by atoms with E-state index in [-0.39, 0.29) is 0 Å². The van der Waals surface area contributed by atoms with Gasteiger partial charge in [0, 0.05) is 0 Å². The summed E-state index contributed by atoms with van der Waals surface area (Å²) in [5, 5.41) is 3.10. The van der Waals surface area contributed by atoms with Gasteiger partial charge in [-0.25, -0.2) is 15.0 Å². The minimum atomic E-state index is 0.511. The second-order valence-corrected chi connectivity index (χ2v) is 3.57. The highest BCUT2D eigenvalue weighted by atomic mass is 15.1. The molecule has 0 spiro atoms. The van der Waals surface area contributed by atoms with Gasteiger partial charge in [-0.15, -0.1) is 0 Å². The first kappa shape index (κ1) is 9.64. The summed E-state index contributed by atoms with van der Waals surface area (Å²) in [7, 11) is 0. The van der Waals surface area contributed by atoms with E-state index in [1.807, 2.05) is 6.20 Å². The topological polar surface area (TPSA) is 66.5 Å². The Bertz CT molecular complexity index is 471. The molecule has 2 aromatic rings. The lowest BCUT2D eigenvalue weighted by molar-refractivity contribution is 0.830. The largest absolute Gasteiger partial charge is 0.345 e. The first-order chi connectivity index (χ1) is 7.27. The number of aromatic nitrogens is 4. The number of hydrogen-bond donors (Lipinski definition) is 2. The molecule has 0 saturated carbocycles. The minimum absolute atomic E-state index is 0.511. The van der Waals surface area contributed by atoms with Crippen LogP contribution < -0.4 is 5.32 Å². The lowest BCUT2D eigenvalue weighted by Gasteiger charge is -2.00. The summed E-state index contributed by atoms with van der Waals surface area (Å²) in [6, 6.07) is 0. The minimum Gasteiger partial charge on any atom is -0.345 e. The lowest BCUT2D eigenvalue weighted by atomic mass is 10.2. The second kappa shape index (κ2) is 4.08. The third kappa shape index (κ3) is 2.12. The summed E-state index contributed by atoms with van der Waals surface area (Å²) in [6.45, 7) is 4.23. The number of nitrogens with zero attached hydrogens (tertiary/aromatic N) is 3. The summed E-state index contributed by atoms with van der Waals surface area (Å²) in [6.07, 6.45) is 7.04. The molecule has 2 N–H and O–H groups in total. The molecule has 5 heteroatoms. The van der Waals surface area contributed by atoms with E-state index in [0.29, 0.717) is 11.6 Å². The third-order valence-electron chi connectivity index (χ3n) is 1.92. The Morgan fingerprint density at radius 2 is 2.20 bits per heavy atom. The molecule has 0 aliphatic heterocycles. The molecule has 15 heavy (non-hydrogen) atoms. The Morgan fingerprint density at radius 3 is 3.00 bits per heavy atom. The van der Waals surface area contributed by atoms with E-state index < -0.39 is 0 Å². The van der Waals surface area contributed by atoms with Crippen molar-refractivity contribution in [3.63, 3.8) is 0 Å². The summed E-state index contributed by atoms with van der Waals surface area (Å²) >= 11 is 0. The Hall–Kier alpha value is -1.91. The fourth-order valence-corrected chi connectivity index (χ4v) is 1.19. The van der Waals surface area contributed by atoms with Crippen LogP contribution in [-0.4, -0.2) is 19.9 Å². The molecule has 0 fully saturated rings. The van der Waals surface area contributed by atoms with Crippen LogP contribution in [0.1, 0.15) is 13.8 Å². The molecular formula is C10H13N5. The maximum atomic E-state index is 4.13. The Labute approximate surface area is 87.7 Å². The van der Waals surface area contributed by atoms with E-state index in [0.717, 1.165) is 11.3 Å². The zero-order chi connectivity index (χ0) is 10.7. The van der Waals surface area contributed by atoms with Crippen LogP contribution in [0.25, 0.3) is 11.2 Å². The van der Waals surface area contributed by atoms with Crippen molar-refractivity contribution in [2.24, 2.45) is 5.92 Å². The smallest absolute Gasteiger partial charge is 0.182 e. The average molecular weight is 203 g/mol. The summed E-state index contributed by atoms with van der Waals surface area (Å²) in [5.74, 6) is 1.26. The van der Waals surface area contributed by atoms with Gasteiger partial charge in [0.1, 0.15) is 11.8 Å². The van der Waals surface area contributed by atoms with Crippen LogP contribution in [0.15, 0.2) is 24.9 Å². The van der Waals surface area contributed by atoms with Crippen LogP contribution in [-0.2, 0) is 0 Å². The molecule has 0 atom stereocenters. The number of aromatic amines is 1. The maximum absolute atomic E-state index is 4.13. The second-order valence-electron chi connectivity index (χ2n) is 3.57. The van der Waals surface area contributed by atoms with Gasteiger partial charge in [-0.3, -0.25) is 0 Å². The highest BCUT2D eigenvalue weighted by Crippen LogP contribution is 2.14. The quantitative estimate of drug-likeness (QED) is 0.800. The van der Waals surface area contributed by atoms with Gasteiger partial charge >= 0.3 is 0 Å². The number of hydrogen-bond acceptors (Lipinski definition) is 4. The van der Waals surface area contributed by atoms with E-state index >= 15 is 0 Å². The number of imidazole rings is 1. The summed E-state index contributed by atoms with van der Waals surface area (Å²) in [4.78, 5) is 15.2. The molecule has 0 aliphatic rings. The highest BCUT2D eigenvalue weighted by Gasteiger charge is 2.02. The monoisotopic (exact) mass is 203 g/mol. The molecule has 0 radical (unpaired) electrons. The van der Waals surface area contributed by atoms with E-state index in [1.54, 1.807) is 6.33 Å². The van der Waals surface area contributed by atoms with Gasteiger partial charge < -0.3 is 10.3 Å². The van der Waals surface area contributed by atoms with Crippen molar-refractivity contribution in [3.8, 4) is 0 Å². The fourth-order valence-electron chi connectivity index (χ4n) is 1.19. The number of fused-ring (bicyclic) bond motifs is 1. The van der Waals surface area contributed by atoms with Gasteiger partial charge in [-0.1, -0.05) is 19.9 Å². The van der Waals surface area contributed by atoms with Crippen molar-refractivity contribution in [3.05, 3.63) is 24.9 Å². The van der Waals surface area contributed by atoms with Gasteiger partial charge in [0.15, 0.2) is 11.5 Å². The van der Waals surface area contributed by atoms with Gasteiger partial charge in [0.2, 0.25) is 0 Å². The Kier molecular flexibility index (Phi) is 2.62. The maximum Gasteiger partial charge on any atom is 0.182 e. The Balaban J connectivity index is 2.24. The molecule has 0 bridgehead atoms. The van der Waals surface area contributed by atoms with Crippen molar-refractivity contribution < 1.29 is 0 Å². The number of rotatable bonds is 3. The molecular weight excluding hydrogens is 190 g/mol. The van der Waals surface area contributed by atoms with Gasteiger partial charge in [0.05, 0.1) is 6.33 Å².